The van der Waals surface area contributed by atoms with Crippen molar-refractivity contribution in [2.24, 2.45) is 0 Å². The molecule has 2 aromatic carbocycles. The summed E-state index contributed by atoms with van der Waals surface area (Å²) in [5, 5.41) is 0. The molecule has 7 heteroatoms. The van der Waals surface area contributed by atoms with Crippen LogP contribution in [0.15, 0.2) is 42.5 Å². The highest BCUT2D eigenvalue weighted by Crippen LogP contribution is 2.33. The normalized spacial score (nSPS) is 11.4. The second-order valence-corrected chi connectivity index (χ2v) is 6.24. The smallest absolute Gasteiger partial charge is 0.387 e. The molecule has 134 valence electrons. The maximum atomic E-state index is 12.5. The topological polar surface area (TPSA) is 70.8 Å². The predicted octanol–water partition coefficient (Wildman–Crippen LogP) is 4.42. The van der Waals surface area contributed by atoms with Gasteiger partial charge in [-0.3, -0.25) is 4.89 Å². The second kappa shape index (κ2) is 7.48. The molecule has 0 unspecified atom stereocenters. The van der Waals surface area contributed by atoms with Gasteiger partial charge in [-0.1, -0.05) is 24.3 Å². The van der Waals surface area contributed by atoms with Crippen LogP contribution in [0.3, 0.4) is 0 Å². The number of carbonyl (C=O) groups is 1. The minimum Gasteiger partial charge on any atom is -0.434 e. The molecule has 25 heavy (non-hydrogen) atoms. The number of alkyl halides is 2. The van der Waals surface area contributed by atoms with Gasteiger partial charge >= 0.3 is 12.6 Å². The van der Waals surface area contributed by atoms with Crippen molar-refractivity contribution in [1.29, 1.82) is 0 Å². The molecule has 0 saturated heterocycles. The van der Waals surface area contributed by atoms with Crippen LogP contribution in [-0.2, 0) is 9.78 Å². The fourth-order valence-electron chi connectivity index (χ4n) is 2.03. The average Bonchev–Trinajstić information content (AvgIpc) is 2.52. The standard InChI is InChI=1S/C18H19F2NO4/c1-18(2,3)25-24-16(22)13-9-8-11(10-14(13)21)12-6-4-5-7-15(12)23-17(19)20/h4-10,17H,21H2,1-3H3. The molecule has 0 aliphatic rings. The molecule has 0 spiro atoms. The van der Waals surface area contributed by atoms with Crippen LogP contribution in [0.4, 0.5) is 14.5 Å². The molecule has 2 aromatic rings. The number of para-hydroxylation sites is 1. The summed E-state index contributed by atoms with van der Waals surface area (Å²) in [6.45, 7) is 2.24. The molecular formula is C18H19F2NO4. The third-order valence-corrected chi connectivity index (χ3v) is 3.05. The van der Waals surface area contributed by atoms with Gasteiger partial charge in [-0.2, -0.15) is 13.7 Å². The third kappa shape index (κ3) is 5.15. The molecule has 0 bridgehead atoms. The van der Waals surface area contributed by atoms with E-state index in [2.05, 4.69) is 4.74 Å². The summed E-state index contributed by atoms with van der Waals surface area (Å²) in [4.78, 5) is 21.7. The highest BCUT2D eigenvalue weighted by atomic mass is 19.3. The molecule has 2 N–H and O–H groups in total. The van der Waals surface area contributed by atoms with Crippen LogP contribution >= 0.6 is 0 Å². The molecule has 2 rings (SSSR count). The lowest BCUT2D eigenvalue weighted by Gasteiger charge is -2.17. The van der Waals surface area contributed by atoms with Gasteiger partial charge in [-0.25, -0.2) is 4.79 Å². The number of nitrogens with two attached hydrogens (primary N) is 1. The number of hydrogen-bond donors (Lipinski definition) is 1. The molecule has 0 amide bonds. The van der Waals surface area contributed by atoms with Gasteiger partial charge in [0.05, 0.1) is 5.56 Å². The Morgan fingerprint density at radius 2 is 1.80 bits per heavy atom. The first-order chi connectivity index (χ1) is 11.7. The highest BCUT2D eigenvalue weighted by Gasteiger charge is 2.19. The molecule has 0 fully saturated rings. The number of anilines is 1. The van der Waals surface area contributed by atoms with E-state index in [4.69, 9.17) is 15.5 Å². The van der Waals surface area contributed by atoms with Crippen LogP contribution < -0.4 is 10.5 Å². The predicted molar refractivity (Wildman–Crippen MR) is 89.2 cm³/mol. The minimum absolute atomic E-state index is 0.0169. The molecule has 0 aromatic heterocycles. The Hall–Kier alpha value is -2.67. The zero-order valence-corrected chi connectivity index (χ0v) is 14.1. The van der Waals surface area contributed by atoms with Gasteiger partial charge in [0.25, 0.3) is 0 Å². The van der Waals surface area contributed by atoms with E-state index >= 15 is 0 Å². The van der Waals surface area contributed by atoms with Gasteiger partial charge in [0.1, 0.15) is 11.4 Å². The number of halogens is 2. The average molecular weight is 351 g/mol. The summed E-state index contributed by atoms with van der Waals surface area (Å²) in [7, 11) is 0. The van der Waals surface area contributed by atoms with Crippen LogP contribution in [-0.4, -0.2) is 18.2 Å². The van der Waals surface area contributed by atoms with Crippen LogP contribution in [0.25, 0.3) is 11.1 Å². The summed E-state index contributed by atoms with van der Waals surface area (Å²) >= 11 is 0. The van der Waals surface area contributed by atoms with Gasteiger partial charge in [0.15, 0.2) is 0 Å². The van der Waals surface area contributed by atoms with Crippen molar-refractivity contribution in [2.75, 3.05) is 5.73 Å². The van der Waals surface area contributed by atoms with Gasteiger partial charge in [0.2, 0.25) is 0 Å². The molecule has 0 saturated carbocycles. The van der Waals surface area contributed by atoms with Gasteiger partial charge in [0, 0.05) is 11.3 Å². The van der Waals surface area contributed by atoms with E-state index in [0.717, 1.165) is 0 Å². The number of benzene rings is 2. The molecular weight excluding hydrogens is 332 g/mol. The van der Waals surface area contributed by atoms with Crippen molar-refractivity contribution in [3.63, 3.8) is 0 Å². The number of rotatable bonds is 5. The fraction of sp³-hybridized carbons (Fsp3) is 0.278. The molecule has 0 heterocycles. The lowest BCUT2D eigenvalue weighted by molar-refractivity contribution is -0.301. The summed E-state index contributed by atoms with van der Waals surface area (Å²) in [6.07, 6.45) is 0. The Morgan fingerprint density at radius 3 is 2.40 bits per heavy atom. The quantitative estimate of drug-likeness (QED) is 0.490. The molecule has 5 nitrogen and oxygen atoms in total. The largest absolute Gasteiger partial charge is 0.434 e. The highest BCUT2D eigenvalue weighted by molar-refractivity contribution is 5.96. The first kappa shape index (κ1) is 18.7. The lowest BCUT2D eigenvalue weighted by atomic mass is 10.0. The van der Waals surface area contributed by atoms with Crippen molar-refractivity contribution in [1.82, 2.24) is 0 Å². The second-order valence-electron chi connectivity index (χ2n) is 6.24. The van der Waals surface area contributed by atoms with E-state index in [1.807, 2.05) is 0 Å². The summed E-state index contributed by atoms with van der Waals surface area (Å²) in [5.41, 5.74) is 6.45. The van der Waals surface area contributed by atoms with Gasteiger partial charge in [-0.05, 0) is 44.5 Å². The summed E-state index contributed by atoms with van der Waals surface area (Å²) in [5.74, 6) is -0.723. The van der Waals surface area contributed by atoms with E-state index in [-0.39, 0.29) is 17.0 Å². The van der Waals surface area contributed by atoms with Crippen LogP contribution in [0, 0.1) is 0 Å². The molecule has 0 atom stereocenters. The van der Waals surface area contributed by atoms with E-state index in [1.165, 1.54) is 18.2 Å². The summed E-state index contributed by atoms with van der Waals surface area (Å²) in [6, 6.07) is 10.8. The van der Waals surface area contributed by atoms with Crippen LogP contribution in [0.2, 0.25) is 0 Å². The maximum absolute atomic E-state index is 12.5. The Morgan fingerprint density at radius 1 is 1.12 bits per heavy atom. The van der Waals surface area contributed by atoms with Crippen molar-refractivity contribution in [3.8, 4) is 16.9 Å². The summed E-state index contributed by atoms with van der Waals surface area (Å²) < 4.78 is 29.6. The van der Waals surface area contributed by atoms with Crippen molar-refractivity contribution in [2.45, 2.75) is 33.0 Å². The Kier molecular flexibility index (Phi) is 5.58. The van der Waals surface area contributed by atoms with Gasteiger partial charge < -0.3 is 10.5 Å². The lowest BCUT2D eigenvalue weighted by Crippen LogP contribution is -2.22. The van der Waals surface area contributed by atoms with Crippen LogP contribution in [0.5, 0.6) is 5.75 Å². The van der Waals surface area contributed by atoms with Crippen molar-refractivity contribution >= 4 is 11.7 Å². The number of carbonyl (C=O) groups excluding carboxylic acids is 1. The van der Waals surface area contributed by atoms with E-state index in [9.17, 15) is 13.6 Å². The number of hydrogen-bond acceptors (Lipinski definition) is 5. The SMILES string of the molecule is CC(C)(C)OOC(=O)c1ccc(-c2ccccc2OC(F)F)cc1N. The minimum atomic E-state index is -2.94. The Labute approximate surface area is 144 Å². The maximum Gasteiger partial charge on any atom is 0.387 e. The van der Waals surface area contributed by atoms with Gasteiger partial charge in [-0.15, -0.1) is 0 Å². The number of nitrogen functional groups attached to an aromatic ring is 1. The molecule has 0 radical (unpaired) electrons. The van der Waals surface area contributed by atoms with Crippen molar-refractivity contribution in [3.05, 3.63) is 48.0 Å². The van der Waals surface area contributed by atoms with E-state index in [0.29, 0.717) is 11.1 Å². The Bertz CT molecular complexity index is 757. The van der Waals surface area contributed by atoms with Crippen LogP contribution in [0.1, 0.15) is 31.1 Å². The third-order valence-electron chi connectivity index (χ3n) is 3.05. The Balaban J connectivity index is 2.27. The molecule has 0 aliphatic carbocycles. The van der Waals surface area contributed by atoms with Crippen molar-refractivity contribution < 1.29 is 28.1 Å². The van der Waals surface area contributed by atoms with E-state index in [1.54, 1.807) is 45.0 Å². The molecule has 0 aliphatic heterocycles. The zero-order valence-electron chi connectivity index (χ0n) is 14.1. The zero-order chi connectivity index (χ0) is 18.6. The van der Waals surface area contributed by atoms with E-state index < -0.39 is 18.2 Å². The first-order valence-electron chi connectivity index (χ1n) is 7.51. The number of ether oxygens (including phenoxy) is 1. The fourth-order valence-corrected chi connectivity index (χ4v) is 2.03. The monoisotopic (exact) mass is 351 g/mol. The first-order valence-corrected chi connectivity index (χ1v) is 7.51.